The quantitative estimate of drug-likeness (QED) is 0.304. The fourth-order valence-corrected chi connectivity index (χ4v) is 4.77. The van der Waals surface area contributed by atoms with Crippen molar-refractivity contribution >= 4 is 41.4 Å². The van der Waals surface area contributed by atoms with E-state index in [9.17, 15) is 17.6 Å². The van der Waals surface area contributed by atoms with Crippen LogP contribution in [0.2, 0.25) is 0 Å². The van der Waals surface area contributed by atoms with E-state index in [0.717, 1.165) is 0 Å². The van der Waals surface area contributed by atoms with E-state index in [1.165, 1.54) is 46.9 Å². The summed E-state index contributed by atoms with van der Waals surface area (Å²) in [5, 5.41) is 8.79. The number of nitrogens with zero attached hydrogens (tertiary/aromatic N) is 5. The normalized spacial score (nSPS) is 17.6. The molecule has 8 nitrogen and oxygen atoms in total. The van der Waals surface area contributed by atoms with Crippen LogP contribution in [0.5, 0.6) is 5.75 Å². The number of likely N-dealkylation sites (tertiary alicyclic amines) is 1. The molecule has 4 aromatic rings. The van der Waals surface area contributed by atoms with Crippen molar-refractivity contribution in [3.63, 3.8) is 0 Å². The van der Waals surface area contributed by atoms with Gasteiger partial charge in [-0.2, -0.15) is 13.2 Å². The first-order valence-electron chi connectivity index (χ1n) is 11.8. The van der Waals surface area contributed by atoms with Crippen molar-refractivity contribution in [2.24, 2.45) is 5.73 Å². The predicted molar refractivity (Wildman–Crippen MR) is 143 cm³/mol. The molecule has 1 saturated heterocycles. The molecule has 1 fully saturated rings. The first-order chi connectivity index (χ1) is 17.6. The van der Waals surface area contributed by atoms with Crippen molar-refractivity contribution in [1.29, 1.82) is 0 Å². The molecule has 1 aromatic carbocycles. The third-order valence-electron chi connectivity index (χ3n) is 6.35. The lowest BCUT2D eigenvalue weighted by atomic mass is 10.1. The Morgan fingerprint density at radius 2 is 1.90 bits per heavy atom. The molecule has 3 atom stereocenters. The summed E-state index contributed by atoms with van der Waals surface area (Å²) in [5.74, 6) is -0.0181. The van der Waals surface area contributed by atoms with Crippen molar-refractivity contribution in [2.75, 3.05) is 26.8 Å². The van der Waals surface area contributed by atoms with Crippen LogP contribution >= 0.6 is 24.8 Å². The van der Waals surface area contributed by atoms with Crippen LogP contribution in [0.1, 0.15) is 24.9 Å². The molecule has 0 radical (unpaired) electrons. The first-order valence-corrected chi connectivity index (χ1v) is 11.8. The monoisotopic (exact) mass is 590 g/mol. The van der Waals surface area contributed by atoms with Crippen molar-refractivity contribution in [2.45, 2.75) is 37.7 Å². The molecular weight excluding hydrogens is 563 g/mol. The second kappa shape index (κ2) is 12.2. The van der Waals surface area contributed by atoms with E-state index in [1.54, 1.807) is 19.1 Å². The first kappa shape index (κ1) is 30.8. The van der Waals surface area contributed by atoms with E-state index in [4.69, 9.17) is 15.2 Å². The number of halogens is 6. The zero-order valence-electron chi connectivity index (χ0n) is 21.1. The van der Waals surface area contributed by atoms with Gasteiger partial charge in [0.05, 0.1) is 6.61 Å². The van der Waals surface area contributed by atoms with Gasteiger partial charge in [-0.15, -0.1) is 35.0 Å². The maximum absolute atomic E-state index is 14.2. The van der Waals surface area contributed by atoms with Gasteiger partial charge in [0.2, 0.25) is 0 Å². The summed E-state index contributed by atoms with van der Waals surface area (Å²) in [6, 6.07) is 6.64. The van der Waals surface area contributed by atoms with Gasteiger partial charge in [-0.25, -0.2) is 9.37 Å². The summed E-state index contributed by atoms with van der Waals surface area (Å²) >= 11 is 0. The largest absolute Gasteiger partial charge is 0.486 e. The van der Waals surface area contributed by atoms with E-state index in [2.05, 4.69) is 15.2 Å². The molecule has 14 heteroatoms. The molecule has 0 aliphatic carbocycles. The predicted octanol–water partition coefficient (Wildman–Crippen LogP) is 4.98. The summed E-state index contributed by atoms with van der Waals surface area (Å²) in [5.41, 5.74) is 7.04. The van der Waals surface area contributed by atoms with Crippen LogP contribution < -0.4 is 10.5 Å². The number of benzene rings is 1. The summed E-state index contributed by atoms with van der Waals surface area (Å²) in [4.78, 5) is 5.98. The zero-order valence-corrected chi connectivity index (χ0v) is 22.7. The van der Waals surface area contributed by atoms with E-state index < -0.39 is 18.0 Å². The topological polar surface area (TPSA) is 90.8 Å². The molecule has 212 valence electrons. The molecule has 0 amide bonds. The highest BCUT2D eigenvalue weighted by Crippen LogP contribution is 2.39. The van der Waals surface area contributed by atoms with Crippen LogP contribution in [0.3, 0.4) is 0 Å². The summed E-state index contributed by atoms with van der Waals surface area (Å²) in [7, 11) is 1.53. The fourth-order valence-electron chi connectivity index (χ4n) is 4.77. The van der Waals surface area contributed by atoms with Gasteiger partial charge < -0.3 is 15.2 Å². The van der Waals surface area contributed by atoms with Crippen LogP contribution in [-0.2, 0) is 4.74 Å². The molecule has 2 N–H and O–H groups in total. The van der Waals surface area contributed by atoms with Gasteiger partial charge in [-0.05, 0) is 37.1 Å². The number of hydrogen-bond acceptors (Lipinski definition) is 7. The average molecular weight is 591 g/mol. The lowest BCUT2D eigenvalue weighted by Crippen LogP contribution is -2.38. The Labute approximate surface area is 234 Å². The number of hydrogen-bond donors (Lipinski definition) is 1. The zero-order chi connectivity index (χ0) is 26.3. The van der Waals surface area contributed by atoms with E-state index in [1.807, 2.05) is 0 Å². The van der Waals surface area contributed by atoms with Gasteiger partial charge in [0.25, 0.3) is 0 Å². The number of pyridine rings is 2. The van der Waals surface area contributed by atoms with Crippen molar-refractivity contribution in [3.8, 4) is 17.3 Å². The summed E-state index contributed by atoms with van der Waals surface area (Å²) < 4.78 is 69.1. The third-order valence-corrected chi connectivity index (χ3v) is 6.35. The minimum absolute atomic E-state index is 0. The number of fused-ring (bicyclic) bond motifs is 2. The highest BCUT2D eigenvalue weighted by atomic mass is 35.5. The average Bonchev–Trinajstić information content (AvgIpc) is 3.44. The lowest BCUT2D eigenvalue weighted by molar-refractivity contribution is -0.183. The molecule has 0 spiro atoms. The second-order valence-corrected chi connectivity index (χ2v) is 9.26. The Morgan fingerprint density at radius 1 is 1.13 bits per heavy atom. The van der Waals surface area contributed by atoms with Crippen LogP contribution in [0.4, 0.5) is 17.6 Å². The molecule has 0 bridgehead atoms. The molecule has 1 aliphatic heterocycles. The Balaban J connectivity index is 0.00000210. The highest BCUT2D eigenvalue weighted by Gasteiger charge is 2.46. The molecule has 3 aromatic heterocycles. The second-order valence-electron chi connectivity index (χ2n) is 9.26. The fraction of sp³-hybridized carbons (Fsp3) is 0.400. The maximum atomic E-state index is 14.2. The van der Waals surface area contributed by atoms with Crippen molar-refractivity contribution in [3.05, 3.63) is 54.0 Å². The Hall–Kier alpha value is -2.77. The third kappa shape index (κ3) is 6.36. The standard InChI is InChI=1S/C25H26F4N6O2.2ClH/c1-14(13-36-2)37-20-10-17(26)9-15-3-5-19(31-22(15)20)24-33-32-21-6-4-16(11-35(21)24)23(25(27,28)29)34-8-7-18(30)12-34;;/h3-6,9-11,14,18,23H,7-8,12-13,30H2,1-2H3;2*1H/t14-,18+,23-;;/m1../s1. The number of rotatable bonds is 7. The minimum Gasteiger partial charge on any atom is -0.486 e. The summed E-state index contributed by atoms with van der Waals surface area (Å²) in [6.07, 6.45) is -2.97. The van der Waals surface area contributed by atoms with Gasteiger partial charge in [-0.3, -0.25) is 9.30 Å². The lowest BCUT2D eigenvalue weighted by Gasteiger charge is -2.30. The number of methoxy groups -OCH3 is 1. The number of ether oxygens (including phenoxy) is 2. The van der Waals surface area contributed by atoms with Gasteiger partial charge in [-0.1, -0.05) is 12.1 Å². The van der Waals surface area contributed by atoms with Crippen LogP contribution in [0.25, 0.3) is 28.1 Å². The van der Waals surface area contributed by atoms with E-state index in [-0.39, 0.29) is 73.8 Å². The van der Waals surface area contributed by atoms with Gasteiger partial charge >= 0.3 is 6.18 Å². The molecular formula is C25H28Cl2F4N6O2. The van der Waals surface area contributed by atoms with Gasteiger partial charge in [0.15, 0.2) is 11.5 Å². The van der Waals surface area contributed by atoms with E-state index >= 15 is 0 Å². The molecule has 0 saturated carbocycles. The molecule has 1 aliphatic rings. The molecule has 5 rings (SSSR count). The van der Waals surface area contributed by atoms with Crippen LogP contribution in [0, 0.1) is 5.82 Å². The van der Waals surface area contributed by atoms with Gasteiger partial charge in [0, 0.05) is 43.9 Å². The Kier molecular flexibility index (Phi) is 9.60. The maximum Gasteiger partial charge on any atom is 0.408 e. The van der Waals surface area contributed by atoms with E-state index in [0.29, 0.717) is 28.7 Å². The van der Waals surface area contributed by atoms with Crippen LogP contribution in [-0.4, -0.2) is 69.6 Å². The van der Waals surface area contributed by atoms with Crippen LogP contribution in [0.15, 0.2) is 42.6 Å². The SMILES string of the molecule is COC[C@@H](C)Oc1cc(F)cc2ccc(-c3nnc4ccc([C@@H](N5CC[C@H](N)C5)C(F)(F)F)cn34)nc12.Cl.Cl. The number of aromatic nitrogens is 4. The molecule has 4 heterocycles. The summed E-state index contributed by atoms with van der Waals surface area (Å²) in [6.45, 7) is 2.48. The smallest absolute Gasteiger partial charge is 0.408 e. The van der Waals surface area contributed by atoms with Gasteiger partial charge in [0.1, 0.15) is 34.9 Å². The molecule has 39 heavy (non-hydrogen) atoms. The molecule has 0 unspecified atom stereocenters. The highest BCUT2D eigenvalue weighted by molar-refractivity contribution is 5.86. The Morgan fingerprint density at radius 3 is 2.56 bits per heavy atom. The number of alkyl halides is 3. The Bertz CT molecular complexity index is 1440. The van der Waals surface area contributed by atoms with Crippen molar-refractivity contribution in [1.82, 2.24) is 24.5 Å². The number of nitrogens with two attached hydrogens (primary N) is 1. The van der Waals surface area contributed by atoms with Crippen molar-refractivity contribution < 1.29 is 27.0 Å². The minimum atomic E-state index is -4.50.